The molecule has 21 heavy (non-hydrogen) atoms. The molecule has 2 heterocycles. The Morgan fingerprint density at radius 2 is 2.29 bits per heavy atom. The van der Waals surface area contributed by atoms with Gasteiger partial charge in [-0.1, -0.05) is 30.7 Å². The van der Waals surface area contributed by atoms with E-state index in [1.165, 1.54) is 5.56 Å². The number of nitrogens with zero attached hydrogens (tertiary/aromatic N) is 2. The van der Waals surface area contributed by atoms with Crippen LogP contribution in [-0.4, -0.2) is 15.9 Å². The summed E-state index contributed by atoms with van der Waals surface area (Å²) >= 11 is 7.92. The number of hydrogen-bond acceptors (Lipinski definition) is 3. The molecule has 0 bridgehead atoms. The van der Waals surface area contributed by atoms with Crippen molar-refractivity contribution in [2.45, 2.75) is 26.3 Å². The van der Waals surface area contributed by atoms with Gasteiger partial charge in [0.2, 0.25) is 0 Å². The van der Waals surface area contributed by atoms with E-state index in [9.17, 15) is 0 Å². The zero-order valence-electron chi connectivity index (χ0n) is 12.1. The molecule has 1 atom stereocenters. The largest absolute Gasteiger partial charge is 0.310 e. The van der Waals surface area contributed by atoms with Crippen LogP contribution in [0.2, 0.25) is 5.02 Å². The standard InChI is InChI=1S/C16H18ClN3S/c1-3-18-15(13-5-4-6-14(17)11(13)2)9-12-10-20-7-8-21-16(20)19-12/h4-8,10,15,18H,3,9H2,1-2H3. The lowest BCUT2D eigenvalue weighted by molar-refractivity contribution is 0.543. The van der Waals surface area contributed by atoms with Crippen molar-refractivity contribution in [3.63, 3.8) is 0 Å². The first-order valence-corrected chi connectivity index (χ1v) is 8.34. The highest BCUT2D eigenvalue weighted by Crippen LogP contribution is 2.27. The Labute approximate surface area is 133 Å². The highest BCUT2D eigenvalue weighted by Gasteiger charge is 2.16. The molecule has 110 valence electrons. The summed E-state index contributed by atoms with van der Waals surface area (Å²) in [4.78, 5) is 5.73. The lowest BCUT2D eigenvalue weighted by Gasteiger charge is -2.20. The molecule has 0 fully saturated rings. The van der Waals surface area contributed by atoms with Gasteiger partial charge in [0.05, 0.1) is 5.69 Å². The molecule has 1 N–H and O–H groups in total. The highest BCUT2D eigenvalue weighted by atomic mass is 35.5. The Hall–Kier alpha value is -1.36. The second-order valence-corrected chi connectivity index (χ2v) is 6.37. The van der Waals surface area contributed by atoms with Crippen LogP contribution in [0.15, 0.2) is 36.0 Å². The minimum atomic E-state index is 0.235. The summed E-state index contributed by atoms with van der Waals surface area (Å²) in [6.45, 7) is 5.12. The Bertz CT molecular complexity index is 718. The van der Waals surface area contributed by atoms with Crippen molar-refractivity contribution in [3.05, 3.63) is 57.8 Å². The average molecular weight is 320 g/mol. The average Bonchev–Trinajstić information content (AvgIpc) is 3.02. The van der Waals surface area contributed by atoms with Crippen LogP contribution in [-0.2, 0) is 6.42 Å². The molecule has 1 unspecified atom stereocenters. The summed E-state index contributed by atoms with van der Waals surface area (Å²) < 4.78 is 2.08. The fourth-order valence-corrected chi connectivity index (χ4v) is 3.52. The number of aromatic nitrogens is 2. The molecule has 0 radical (unpaired) electrons. The molecule has 0 amide bonds. The molecule has 0 spiro atoms. The van der Waals surface area contributed by atoms with Crippen molar-refractivity contribution in [2.24, 2.45) is 0 Å². The van der Waals surface area contributed by atoms with Gasteiger partial charge in [0.1, 0.15) is 0 Å². The molecule has 1 aromatic carbocycles. The molecule has 0 saturated heterocycles. The van der Waals surface area contributed by atoms with E-state index in [1.807, 2.05) is 18.3 Å². The smallest absolute Gasteiger partial charge is 0.193 e. The van der Waals surface area contributed by atoms with Gasteiger partial charge in [-0.25, -0.2) is 4.98 Å². The van der Waals surface area contributed by atoms with Crippen molar-refractivity contribution in [1.29, 1.82) is 0 Å². The number of rotatable bonds is 5. The van der Waals surface area contributed by atoms with Gasteiger partial charge in [-0.15, -0.1) is 11.3 Å². The van der Waals surface area contributed by atoms with Crippen LogP contribution in [0, 0.1) is 6.92 Å². The topological polar surface area (TPSA) is 29.3 Å². The quantitative estimate of drug-likeness (QED) is 0.761. The Morgan fingerprint density at radius 1 is 1.43 bits per heavy atom. The minimum absolute atomic E-state index is 0.235. The van der Waals surface area contributed by atoms with E-state index >= 15 is 0 Å². The number of likely N-dealkylation sites (N-methyl/N-ethyl adjacent to an activating group) is 1. The maximum Gasteiger partial charge on any atom is 0.193 e. The number of nitrogens with one attached hydrogen (secondary N) is 1. The van der Waals surface area contributed by atoms with Crippen LogP contribution in [0.3, 0.4) is 0 Å². The molecule has 3 rings (SSSR count). The second-order valence-electron chi connectivity index (χ2n) is 5.09. The first-order chi connectivity index (χ1) is 10.2. The Kier molecular flexibility index (Phi) is 4.29. The fourth-order valence-electron chi connectivity index (χ4n) is 2.62. The van der Waals surface area contributed by atoms with Gasteiger partial charge < -0.3 is 5.32 Å². The Morgan fingerprint density at radius 3 is 3.05 bits per heavy atom. The SMILES string of the molecule is CCNC(Cc1cn2ccsc2n1)c1cccc(Cl)c1C. The predicted molar refractivity (Wildman–Crippen MR) is 89.4 cm³/mol. The summed E-state index contributed by atoms with van der Waals surface area (Å²) in [5, 5.41) is 6.42. The van der Waals surface area contributed by atoms with E-state index in [0.29, 0.717) is 0 Å². The molecule has 2 aromatic heterocycles. The van der Waals surface area contributed by atoms with Crippen molar-refractivity contribution in [2.75, 3.05) is 6.54 Å². The van der Waals surface area contributed by atoms with Gasteiger partial charge in [-0.2, -0.15) is 0 Å². The monoisotopic (exact) mass is 319 g/mol. The third kappa shape index (κ3) is 2.98. The van der Waals surface area contributed by atoms with E-state index in [0.717, 1.165) is 34.2 Å². The third-order valence-electron chi connectivity index (χ3n) is 3.69. The van der Waals surface area contributed by atoms with E-state index in [1.54, 1.807) is 11.3 Å². The lowest BCUT2D eigenvalue weighted by atomic mass is 9.97. The van der Waals surface area contributed by atoms with Crippen LogP contribution < -0.4 is 5.32 Å². The van der Waals surface area contributed by atoms with Crippen molar-refractivity contribution < 1.29 is 0 Å². The number of benzene rings is 1. The number of imidazole rings is 1. The molecule has 5 heteroatoms. The molecule has 0 aliphatic rings. The van der Waals surface area contributed by atoms with Gasteiger partial charge in [0.15, 0.2) is 4.96 Å². The lowest BCUT2D eigenvalue weighted by Crippen LogP contribution is -2.24. The van der Waals surface area contributed by atoms with Crippen LogP contribution in [0.1, 0.15) is 29.8 Å². The number of thiazole rings is 1. The van der Waals surface area contributed by atoms with Crippen molar-refractivity contribution in [3.8, 4) is 0 Å². The summed E-state index contributed by atoms with van der Waals surface area (Å²) in [6, 6.07) is 6.34. The maximum atomic E-state index is 6.26. The first kappa shape index (κ1) is 14.6. The van der Waals surface area contributed by atoms with E-state index in [4.69, 9.17) is 11.6 Å². The summed E-state index contributed by atoms with van der Waals surface area (Å²) in [5.41, 5.74) is 3.50. The van der Waals surface area contributed by atoms with E-state index in [2.05, 4.69) is 46.2 Å². The van der Waals surface area contributed by atoms with Crippen LogP contribution in [0.25, 0.3) is 4.96 Å². The fraction of sp³-hybridized carbons (Fsp3) is 0.312. The third-order valence-corrected chi connectivity index (χ3v) is 4.87. The second kappa shape index (κ2) is 6.18. The van der Waals surface area contributed by atoms with Crippen LogP contribution >= 0.6 is 22.9 Å². The Balaban J connectivity index is 1.90. The zero-order valence-corrected chi connectivity index (χ0v) is 13.7. The molecule has 0 aliphatic carbocycles. The molecular weight excluding hydrogens is 302 g/mol. The van der Waals surface area contributed by atoms with Crippen LogP contribution in [0.5, 0.6) is 0 Å². The first-order valence-electron chi connectivity index (χ1n) is 7.08. The number of fused-ring (bicyclic) bond motifs is 1. The minimum Gasteiger partial charge on any atom is -0.310 e. The van der Waals surface area contributed by atoms with Gasteiger partial charge >= 0.3 is 0 Å². The molecule has 3 aromatic rings. The van der Waals surface area contributed by atoms with E-state index < -0.39 is 0 Å². The molecular formula is C16H18ClN3S. The summed E-state index contributed by atoms with van der Waals surface area (Å²) in [6.07, 6.45) is 5.02. The highest BCUT2D eigenvalue weighted by molar-refractivity contribution is 7.15. The van der Waals surface area contributed by atoms with Crippen molar-refractivity contribution >= 4 is 27.9 Å². The number of hydrogen-bond donors (Lipinski definition) is 1. The van der Waals surface area contributed by atoms with Gasteiger partial charge in [0, 0.05) is 35.3 Å². The van der Waals surface area contributed by atoms with Gasteiger partial charge in [0.25, 0.3) is 0 Å². The summed E-state index contributed by atoms with van der Waals surface area (Å²) in [7, 11) is 0. The maximum absolute atomic E-state index is 6.26. The number of halogens is 1. The normalized spacial score (nSPS) is 12.9. The predicted octanol–water partition coefficient (Wildman–Crippen LogP) is 4.25. The molecule has 0 saturated carbocycles. The van der Waals surface area contributed by atoms with E-state index in [-0.39, 0.29) is 6.04 Å². The molecule has 3 nitrogen and oxygen atoms in total. The van der Waals surface area contributed by atoms with Gasteiger partial charge in [-0.05, 0) is 30.7 Å². The molecule has 0 aliphatic heterocycles. The zero-order chi connectivity index (χ0) is 14.8. The van der Waals surface area contributed by atoms with Gasteiger partial charge in [-0.3, -0.25) is 4.40 Å². The summed E-state index contributed by atoms with van der Waals surface area (Å²) in [5.74, 6) is 0. The van der Waals surface area contributed by atoms with Crippen molar-refractivity contribution in [1.82, 2.24) is 14.7 Å². The van der Waals surface area contributed by atoms with Crippen LogP contribution in [0.4, 0.5) is 0 Å².